The molecule has 23 heavy (non-hydrogen) atoms. The second-order valence-electron chi connectivity index (χ2n) is 6.14. The first-order chi connectivity index (χ1) is 11.2. The maximum Gasteiger partial charge on any atom is 0.309 e. The number of carbonyl (C=O) groups excluding carboxylic acids is 1. The molecule has 0 aliphatic carbocycles. The summed E-state index contributed by atoms with van der Waals surface area (Å²) in [6.07, 6.45) is 0.554. The second-order valence-corrected chi connectivity index (χ2v) is 6.14. The van der Waals surface area contributed by atoms with Crippen molar-refractivity contribution in [3.63, 3.8) is 0 Å². The largest absolute Gasteiger partial charge is 0.451 e. The number of benzene rings is 2. The van der Waals surface area contributed by atoms with Crippen LogP contribution in [-0.2, 0) is 14.3 Å². The highest BCUT2D eigenvalue weighted by atomic mass is 16.6. The number of rotatable bonds is 3. The number of ether oxygens (including phenoxy) is 2. The Morgan fingerprint density at radius 1 is 1.04 bits per heavy atom. The molecule has 2 aliphatic heterocycles. The molecule has 0 aromatic heterocycles. The summed E-state index contributed by atoms with van der Waals surface area (Å²) in [6, 6.07) is 20.0. The molecule has 2 fully saturated rings. The minimum absolute atomic E-state index is 0.0743. The molecule has 2 aromatic rings. The zero-order valence-electron chi connectivity index (χ0n) is 12.8. The van der Waals surface area contributed by atoms with E-state index in [0.29, 0.717) is 6.42 Å². The van der Waals surface area contributed by atoms with Gasteiger partial charge in [0.15, 0.2) is 5.60 Å². The van der Waals surface area contributed by atoms with E-state index >= 15 is 0 Å². The van der Waals surface area contributed by atoms with Crippen LogP contribution < -0.4 is 0 Å². The molecule has 2 aliphatic rings. The van der Waals surface area contributed by atoms with E-state index in [0.717, 1.165) is 16.7 Å². The summed E-state index contributed by atoms with van der Waals surface area (Å²) in [5, 5.41) is 0. The van der Waals surface area contributed by atoms with E-state index in [2.05, 4.69) is 6.58 Å². The molecule has 116 valence electrons. The molecule has 4 rings (SSSR count). The zero-order chi connectivity index (χ0) is 15.9. The number of esters is 1. The van der Waals surface area contributed by atoms with Crippen LogP contribution in [0.4, 0.5) is 0 Å². The Morgan fingerprint density at radius 2 is 1.70 bits per heavy atom. The number of fused-ring (bicyclic) bond motifs is 1. The van der Waals surface area contributed by atoms with Gasteiger partial charge in [-0.05, 0) is 16.7 Å². The van der Waals surface area contributed by atoms with Crippen molar-refractivity contribution in [2.24, 2.45) is 0 Å². The van der Waals surface area contributed by atoms with Crippen molar-refractivity contribution in [1.82, 2.24) is 0 Å². The van der Waals surface area contributed by atoms with E-state index in [1.807, 2.05) is 60.7 Å². The monoisotopic (exact) mass is 306 g/mol. The van der Waals surface area contributed by atoms with Crippen molar-refractivity contribution in [3.8, 4) is 0 Å². The lowest BCUT2D eigenvalue weighted by Gasteiger charge is -2.28. The summed E-state index contributed by atoms with van der Waals surface area (Å²) in [6.45, 7) is 4.25. The fourth-order valence-electron chi connectivity index (χ4n) is 3.61. The fraction of sp³-hybridized carbons (Fsp3) is 0.250. The molecule has 2 saturated heterocycles. The third kappa shape index (κ3) is 2.28. The normalized spacial score (nSPS) is 29.1. The third-order valence-corrected chi connectivity index (χ3v) is 4.79. The fourth-order valence-corrected chi connectivity index (χ4v) is 3.61. The lowest BCUT2D eigenvalue weighted by atomic mass is 9.82. The van der Waals surface area contributed by atoms with Crippen molar-refractivity contribution in [3.05, 3.63) is 78.4 Å². The van der Waals surface area contributed by atoms with Gasteiger partial charge < -0.3 is 9.47 Å². The van der Waals surface area contributed by atoms with E-state index in [-0.39, 0.29) is 24.6 Å². The Kier molecular flexibility index (Phi) is 3.31. The van der Waals surface area contributed by atoms with E-state index in [1.165, 1.54) is 0 Å². The van der Waals surface area contributed by atoms with Gasteiger partial charge in [-0.2, -0.15) is 0 Å². The van der Waals surface area contributed by atoms with Gasteiger partial charge in [0.05, 0.1) is 12.5 Å². The van der Waals surface area contributed by atoms with Crippen molar-refractivity contribution >= 4 is 11.5 Å². The molecule has 3 heteroatoms. The molecule has 3 nitrogen and oxygen atoms in total. The minimum Gasteiger partial charge on any atom is -0.451 e. The number of carbonyl (C=O) groups is 1. The van der Waals surface area contributed by atoms with Crippen molar-refractivity contribution in [1.29, 1.82) is 0 Å². The van der Waals surface area contributed by atoms with Crippen LogP contribution >= 0.6 is 0 Å². The number of hydrogen-bond acceptors (Lipinski definition) is 3. The van der Waals surface area contributed by atoms with Crippen LogP contribution in [0.2, 0.25) is 0 Å². The van der Waals surface area contributed by atoms with Gasteiger partial charge in [-0.1, -0.05) is 67.2 Å². The summed E-state index contributed by atoms with van der Waals surface area (Å²) in [5.41, 5.74) is 2.17. The minimum atomic E-state index is -0.751. The van der Waals surface area contributed by atoms with Crippen LogP contribution in [0.25, 0.3) is 5.57 Å². The Morgan fingerprint density at radius 3 is 2.39 bits per heavy atom. The second kappa shape index (κ2) is 5.36. The maximum absolute atomic E-state index is 11.9. The SMILES string of the molecule is C=C(c1ccccc1)[C@]12C[C@@H](c3ccccc3)O[C@H]1CC(=O)O2. The molecule has 0 bridgehead atoms. The first-order valence-electron chi connectivity index (χ1n) is 7.86. The summed E-state index contributed by atoms with van der Waals surface area (Å²) in [5.74, 6) is -0.210. The predicted octanol–water partition coefficient (Wildman–Crippen LogP) is 3.92. The van der Waals surface area contributed by atoms with E-state index in [1.54, 1.807) is 0 Å². The Bertz CT molecular complexity index is 738. The average Bonchev–Trinajstić information content (AvgIpc) is 3.09. The molecule has 0 unspecified atom stereocenters. The third-order valence-electron chi connectivity index (χ3n) is 4.79. The van der Waals surface area contributed by atoms with Gasteiger partial charge in [0.1, 0.15) is 6.10 Å². The first kappa shape index (κ1) is 14.2. The molecule has 0 N–H and O–H groups in total. The van der Waals surface area contributed by atoms with Crippen LogP contribution in [0.15, 0.2) is 67.2 Å². The summed E-state index contributed by atoms with van der Waals surface area (Å²) in [7, 11) is 0. The summed E-state index contributed by atoms with van der Waals surface area (Å²) >= 11 is 0. The maximum atomic E-state index is 11.9. The summed E-state index contributed by atoms with van der Waals surface area (Å²) < 4.78 is 12.0. The number of hydrogen-bond donors (Lipinski definition) is 0. The molecule has 2 aromatic carbocycles. The van der Waals surface area contributed by atoms with Gasteiger partial charge in [-0.15, -0.1) is 0 Å². The molecule has 0 spiro atoms. The lowest BCUT2D eigenvalue weighted by molar-refractivity contribution is -0.144. The van der Waals surface area contributed by atoms with Gasteiger partial charge in [0.25, 0.3) is 0 Å². The van der Waals surface area contributed by atoms with Gasteiger partial charge in [0, 0.05) is 6.42 Å². The van der Waals surface area contributed by atoms with Gasteiger partial charge >= 0.3 is 5.97 Å². The van der Waals surface area contributed by atoms with Crippen molar-refractivity contribution < 1.29 is 14.3 Å². The van der Waals surface area contributed by atoms with E-state index in [4.69, 9.17) is 9.47 Å². The smallest absolute Gasteiger partial charge is 0.309 e. The molecule has 0 amide bonds. The van der Waals surface area contributed by atoms with Crippen molar-refractivity contribution in [2.45, 2.75) is 30.7 Å². The van der Waals surface area contributed by atoms with Crippen LogP contribution in [0.1, 0.15) is 30.1 Å². The molecular weight excluding hydrogens is 288 g/mol. The van der Waals surface area contributed by atoms with E-state index in [9.17, 15) is 4.79 Å². The van der Waals surface area contributed by atoms with Gasteiger partial charge in [0.2, 0.25) is 0 Å². The van der Waals surface area contributed by atoms with E-state index < -0.39 is 5.60 Å². The van der Waals surface area contributed by atoms with Gasteiger partial charge in [-0.3, -0.25) is 4.79 Å². The summed E-state index contributed by atoms with van der Waals surface area (Å²) in [4.78, 5) is 11.9. The highest BCUT2D eigenvalue weighted by Crippen LogP contribution is 2.52. The molecular formula is C20H18O3. The van der Waals surface area contributed by atoms with Gasteiger partial charge in [-0.25, -0.2) is 0 Å². The molecule has 2 heterocycles. The Hall–Kier alpha value is -2.39. The highest BCUT2D eigenvalue weighted by Gasteiger charge is 2.58. The highest BCUT2D eigenvalue weighted by molar-refractivity contribution is 5.82. The van der Waals surface area contributed by atoms with Crippen LogP contribution in [0.3, 0.4) is 0 Å². The standard InChI is InChI=1S/C20H18O3/c1-14(15-8-4-2-5-9-15)20-13-17(16-10-6-3-7-11-16)22-18(20)12-19(21)23-20/h2-11,17-18H,1,12-13H2/t17-,18-,20+/m0/s1. The lowest BCUT2D eigenvalue weighted by Crippen LogP contribution is -2.36. The molecule has 3 atom stereocenters. The molecule has 0 saturated carbocycles. The zero-order valence-corrected chi connectivity index (χ0v) is 12.8. The first-order valence-corrected chi connectivity index (χ1v) is 7.86. The average molecular weight is 306 g/mol. The van der Waals surface area contributed by atoms with Crippen LogP contribution in [-0.4, -0.2) is 17.7 Å². The predicted molar refractivity (Wildman–Crippen MR) is 87.6 cm³/mol. The quantitative estimate of drug-likeness (QED) is 0.806. The Labute approximate surface area is 135 Å². The Balaban J connectivity index is 1.69. The topological polar surface area (TPSA) is 35.5 Å². The van der Waals surface area contributed by atoms with Crippen molar-refractivity contribution in [2.75, 3.05) is 0 Å². The van der Waals surface area contributed by atoms with Crippen LogP contribution in [0, 0.1) is 0 Å². The van der Waals surface area contributed by atoms with Crippen LogP contribution in [0.5, 0.6) is 0 Å². The molecule has 0 radical (unpaired) electrons.